The Labute approximate surface area is 211 Å². The molecule has 3 N–H and O–H groups in total. The Morgan fingerprint density at radius 3 is 2.67 bits per heavy atom. The number of likely N-dealkylation sites (tertiary alicyclic amines) is 1. The van der Waals surface area contributed by atoms with Crippen LogP contribution in [0.1, 0.15) is 10.4 Å². The predicted molar refractivity (Wildman–Crippen MR) is 128 cm³/mol. The quantitative estimate of drug-likeness (QED) is 0.568. The van der Waals surface area contributed by atoms with Gasteiger partial charge in [-0.2, -0.15) is 0 Å². The van der Waals surface area contributed by atoms with E-state index in [4.69, 9.17) is 16.3 Å². The second-order valence-electron chi connectivity index (χ2n) is 9.87. The van der Waals surface area contributed by atoms with Gasteiger partial charge < -0.3 is 35.0 Å². The fraction of sp³-hybridized carbons (Fsp3) is 0.458. The lowest BCUT2D eigenvalue weighted by Crippen LogP contribution is -2.57. The van der Waals surface area contributed by atoms with E-state index in [9.17, 15) is 24.2 Å². The molecule has 2 amide bonds. The third-order valence-corrected chi connectivity index (χ3v) is 8.00. The Bertz CT molecular complexity index is 1250. The lowest BCUT2D eigenvalue weighted by Gasteiger charge is -2.38. The number of hydrogen-bond acceptors (Lipinski definition) is 7. The van der Waals surface area contributed by atoms with Gasteiger partial charge in [-0.25, -0.2) is 14.2 Å². The lowest BCUT2D eigenvalue weighted by molar-refractivity contribution is 0.0390. The van der Waals surface area contributed by atoms with E-state index in [0.717, 1.165) is 13.1 Å². The molecule has 6 rings (SSSR count). The van der Waals surface area contributed by atoms with Gasteiger partial charge in [0.15, 0.2) is 5.75 Å². The smallest absolute Gasteiger partial charge is 0.407 e. The molecule has 0 radical (unpaired) electrons. The summed E-state index contributed by atoms with van der Waals surface area (Å²) in [6.07, 6.45) is -1.06. The number of hydrogen-bond donors (Lipinski definition) is 3. The van der Waals surface area contributed by atoms with Crippen LogP contribution in [0.5, 0.6) is 11.5 Å². The molecule has 0 spiro atoms. The standard InChI is InChI=1S/C24H25ClFN5O5/c1-29-8-12-13(9-29)19(12)27-22-17-21(18(25)20(28-22)16-14(26)3-2-4-15(16)32)36-10-11-7-30(24(34)35)5-6-31(11)23(17)33/h2-4,11-13,19,32H,5-10H2,1H3,(H,27,28)(H,34,35)/t11-,12-,13+,19?/m1/s1. The minimum absolute atomic E-state index is 0.00780. The zero-order valence-electron chi connectivity index (χ0n) is 19.4. The number of phenolic OH excluding ortho intramolecular Hbond substituents is 1. The number of carbonyl (C=O) groups excluding carboxylic acids is 1. The first kappa shape index (κ1) is 23.1. The third-order valence-electron chi connectivity index (χ3n) is 7.65. The average Bonchev–Trinajstić information content (AvgIpc) is 3.33. The molecule has 1 unspecified atom stereocenters. The normalized spacial score (nSPS) is 27.0. The van der Waals surface area contributed by atoms with Gasteiger partial charge in [0.05, 0.1) is 11.6 Å². The number of carboxylic acid groups (broad SMARTS) is 1. The van der Waals surface area contributed by atoms with E-state index in [1.165, 1.54) is 23.1 Å². The van der Waals surface area contributed by atoms with Crippen molar-refractivity contribution in [2.24, 2.45) is 11.8 Å². The number of aromatic nitrogens is 1. The zero-order valence-corrected chi connectivity index (χ0v) is 20.2. The number of nitrogens with zero attached hydrogens (tertiary/aromatic N) is 4. The van der Waals surface area contributed by atoms with Crippen LogP contribution in [0.25, 0.3) is 11.3 Å². The second-order valence-corrected chi connectivity index (χ2v) is 10.3. The number of rotatable bonds is 3. The number of piperidine rings is 1. The molecule has 1 aromatic heterocycles. The molecule has 36 heavy (non-hydrogen) atoms. The van der Waals surface area contributed by atoms with Crippen molar-refractivity contribution in [3.63, 3.8) is 0 Å². The number of nitrogens with one attached hydrogen (secondary N) is 1. The van der Waals surface area contributed by atoms with Crippen molar-refractivity contribution in [2.45, 2.75) is 12.1 Å². The van der Waals surface area contributed by atoms with Crippen LogP contribution in [0.15, 0.2) is 18.2 Å². The fourth-order valence-electron chi connectivity index (χ4n) is 5.76. The number of carbonyl (C=O) groups is 2. The Morgan fingerprint density at radius 2 is 1.97 bits per heavy atom. The van der Waals surface area contributed by atoms with Gasteiger partial charge in [0.1, 0.15) is 40.3 Å². The summed E-state index contributed by atoms with van der Waals surface area (Å²) >= 11 is 6.68. The molecule has 190 valence electrons. The van der Waals surface area contributed by atoms with Gasteiger partial charge in [0, 0.05) is 38.8 Å². The van der Waals surface area contributed by atoms with E-state index in [-0.39, 0.29) is 77.4 Å². The van der Waals surface area contributed by atoms with Crippen LogP contribution in [0.2, 0.25) is 5.02 Å². The minimum Gasteiger partial charge on any atom is -0.507 e. The van der Waals surface area contributed by atoms with Crippen molar-refractivity contribution in [3.05, 3.63) is 34.6 Å². The summed E-state index contributed by atoms with van der Waals surface area (Å²) < 4.78 is 20.9. The molecular weight excluding hydrogens is 493 g/mol. The Kier molecular flexibility index (Phi) is 5.38. The molecule has 2 aromatic rings. The molecule has 4 aliphatic rings. The van der Waals surface area contributed by atoms with Crippen LogP contribution in [0.3, 0.4) is 0 Å². The van der Waals surface area contributed by atoms with Crippen LogP contribution in [-0.4, -0.2) is 100 Å². The minimum atomic E-state index is -1.06. The average molecular weight is 518 g/mol. The highest BCUT2D eigenvalue weighted by Crippen LogP contribution is 2.49. The van der Waals surface area contributed by atoms with Gasteiger partial charge >= 0.3 is 6.09 Å². The first-order valence-electron chi connectivity index (χ1n) is 11.8. The zero-order chi connectivity index (χ0) is 25.3. The summed E-state index contributed by atoms with van der Waals surface area (Å²) in [6, 6.07) is 3.48. The number of phenols is 1. The van der Waals surface area contributed by atoms with Crippen molar-refractivity contribution in [1.82, 2.24) is 19.7 Å². The van der Waals surface area contributed by atoms with Gasteiger partial charge in [-0.15, -0.1) is 0 Å². The van der Waals surface area contributed by atoms with E-state index < -0.39 is 18.0 Å². The van der Waals surface area contributed by atoms with Crippen LogP contribution in [0.4, 0.5) is 15.0 Å². The number of aromatic hydroxyl groups is 1. The number of anilines is 1. The van der Waals surface area contributed by atoms with Crippen molar-refractivity contribution in [1.29, 1.82) is 0 Å². The van der Waals surface area contributed by atoms with Gasteiger partial charge in [-0.3, -0.25) is 4.79 Å². The Hall–Kier alpha value is -3.31. The first-order valence-corrected chi connectivity index (χ1v) is 12.2. The van der Waals surface area contributed by atoms with Gasteiger partial charge in [-0.1, -0.05) is 17.7 Å². The summed E-state index contributed by atoms with van der Waals surface area (Å²) in [4.78, 5) is 35.0. The Balaban J connectivity index is 1.45. The molecule has 2 saturated heterocycles. The number of benzene rings is 1. The fourth-order valence-corrected chi connectivity index (χ4v) is 6.05. The first-order chi connectivity index (χ1) is 17.2. The lowest BCUT2D eigenvalue weighted by atomic mass is 10.1. The van der Waals surface area contributed by atoms with E-state index in [1.54, 1.807) is 4.90 Å². The molecular formula is C24H25ClFN5O5. The molecule has 1 aliphatic carbocycles. The maximum Gasteiger partial charge on any atom is 0.407 e. The van der Waals surface area contributed by atoms with Crippen LogP contribution in [-0.2, 0) is 0 Å². The molecule has 3 aliphatic heterocycles. The highest BCUT2D eigenvalue weighted by Gasteiger charge is 2.55. The topological polar surface area (TPSA) is 118 Å². The third kappa shape index (κ3) is 3.60. The molecule has 10 nitrogen and oxygen atoms in total. The second kappa shape index (κ2) is 8.38. The summed E-state index contributed by atoms with van der Waals surface area (Å²) in [5.41, 5.74) is -0.0698. The van der Waals surface area contributed by atoms with Gasteiger partial charge in [0.25, 0.3) is 5.91 Å². The molecule has 12 heteroatoms. The number of halogens is 2. The largest absolute Gasteiger partial charge is 0.507 e. The van der Waals surface area contributed by atoms with Crippen molar-refractivity contribution in [2.75, 3.05) is 51.7 Å². The molecule has 1 aromatic carbocycles. The Morgan fingerprint density at radius 1 is 1.22 bits per heavy atom. The number of amides is 2. The number of ether oxygens (including phenoxy) is 1. The van der Waals surface area contributed by atoms with Crippen molar-refractivity contribution in [3.8, 4) is 22.8 Å². The highest BCUT2D eigenvalue weighted by molar-refractivity contribution is 6.35. The number of piperazine rings is 1. The van der Waals surface area contributed by atoms with Crippen LogP contribution < -0.4 is 10.1 Å². The van der Waals surface area contributed by atoms with Gasteiger partial charge in [0.2, 0.25) is 0 Å². The summed E-state index contributed by atoms with van der Waals surface area (Å²) in [5.74, 6) is -0.341. The molecule has 4 atom stereocenters. The van der Waals surface area contributed by atoms with E-state index in [0.29, 0.717) is 11.8 Å². The maximum atomic E-state index is 14.8. The molecule has 4 heterocycles. The van der Waals surface area contributed by atoms with E-state index in [1.807, 2.05) is 0 Å². The van der Waals surface area contributed by atoms with E-state index >= 15 is 0 Å². The van der Waals surface area contributed by atoms with Crippen LogP contribution in [0, 0.1) is 17.7 Å². The van der Waals surface area contributed by atoms with E-state index in [2.05, 4.69) is 22.2 Å². The van der Waals surface area contributed by atoms with Gasteiger partial charge in [-0.05, 0) is 31.0 Å². The van der Waals surface area contributed by atoms with Crippen LogP contribution >= 0.6 is 11.6 Å². The summed E-state index contributed by atoms with van der Waals surface area (Å²) in [6.45, 7) is 2.32. The number of pyridine rings is 1. The van der Waals surface area contributed by atoms with Crippen molar-refractivity contribution < 1.29 is 28.9 Å². The summed E-state index contributed by atoms with van der Waals surface area (Å²) in [7, 11) is 2.06. The number of fused-ring (bicyclic) bond motifs is 3. The molecule has 1 saturated carbocycles. The summed E-state index contributed by atoms with van der Waals surface area (Å²) in [5, 5.41) is 23.2. The molecule has 0 bridgehead atoms. The molecule has 3 fully saturated rings. The van der Waals surface area contributed by atoms with Crippen molar-refractivity contribution >= 4 is 29.4 Å². The highest BCUT2D eigenvalue weighted by atomic mass is 35.5. The SMILES string of the molecule is CN1C[C@@H]2C(Nc3nc(-c4c(O)cccc4F)c(Cl)c4c3C(=O)N3CCN(C(=O)O)C[C@@H]3CO4)[C@@H]2C1. The maximum absolute atomic E-state index is 14.8. The monoisotopic (exact) mass is 517 g/mol. The predicted octanol–water partition coefficient (Wildman–Crippen LogP) is 2.42.